The van der Waals surface area contributed by atoms with Crippen LogP contribution in [-0.4, -0.2) is 29.3 Å². The van der Waals surface area contributed by atoms with Crippen LogP contribution < -0.4 is 10.1 Å². The topological polar surface area (TPSA) is 56.2 Å². The maximum Gasteiger partial charge on any atom is 0.270 e. The van der Waals surface area contributed by atoms with Crippen LogP contribution in [-0.2, 0) is 6.42 Å². The Bertz CT molecular complexity index is 1290. The van der Waals surface area contributed by atoms with E-state index >= 15 is 0 Å². The lowest BCUT2D eigenvalue weighted by molar-refractivity contribution is 0.0946. The van der Waals surface area contributed by atoms with Crippen LogP contribution in [0.4, 0.5) is 0 Å². The van der Waals surface area contributed by atoms with Crippen LogP contribution in [0.1, 0.15) is 16.1 Å². The monoisotopic (exact) mass is 499 g/mol. The van der Waals surface area contributed by atoms with E-state index in [1.54, 1.807) is 36.1 Å². The second kappa shape index (κ2) is 10.3. The number of carbonyl (C=O) groups excluding carboxylic acids is 1. The van der Waals surface area contributed by atoms with Crippen molar-refractivity contribution in [2.45, 2.75) is 6.42 Å². The summed E-state index contributed by atoms with van der Waals surface area (Å²) in [5.74, 6) is 0.449. The van der Waals surface area contributed by atoms with Gasteiger partial charge in [0.25, 0.3) is 5.91 Å². The molecule has 0 aliphatic heterocycles. The molecule has 0 bridgehead atoms. The molecule has 1 heterocycles. The van der Waals surface area contributed by atoms with E-state index in [1.807, 2.05) is 48.5 Å². The predicted molar refractivity (Wildman–Crippen MR) is 133 cm³/mol. The molecule has 4 rings (SSSR count). The van der Waals surface area contributed by atoms with Crippen molar-refractivity contribution in [2.24, 2.45) is 0 Å². The maximum atomic E-state index is 13.1. The Morgan fingerprint density at radius 1 is 0.970 bits per heavy atom. The number of halogens is 3. The molecule has 168 valence electrons. The standard InChI is InChI=1S/C25H20Cl3N3O2/c1-33-19-10-8-18(9-11-19)31-24(15-23(30-31)20-4-2-3-5-21(20)27)25(32)29-13-12-16-6-7-17(26)14-22(16)28/h2-11,14-15H,12-13H2,1H3,(H,29,32). The van der Waals surface area contributed by atoms with Crippen LogP contribution >= 0.6 is 34.8 Å². The molecule has 0 fully saturated rings. The molecule has 5 nitrogen and oxygen atoms in total. The number of nitrogens with one attached hydrogen (secondary N) is 1. The first kappa shape index (κ1) is 23.2. The molecule has 0 saturated carbocycles. The quantitative estimate of drug-likeness (QED) is 0.316. The summed E-state index contributed by atoms with van der Waals surface area (Å²) in [4.78, 5) is 13.1. The molecule has 0 spiro atoms. The number of benzene rings is 3. The second-order valence-electron chi connectivity index (χ2n) is 7.25. The molecule has 0 atom stereocenters. The highest BCUT2D eigenvalue weighted by Gasteiger charge is 2.19. The van der Waals surface area contributed by atoms with Gasteiger partial charge in [0.05, 0.1) is 23.5 Å². The van der Waals surface area contributed by atoms with Gasteiger partial charge in [0, 0.05) is 22.2 Å². The molecule has 4 aromatic rings. The van der Waals surface area contributed by atoms with Gasteiger partial charge in [0.2, 0.25) is 0 Å². The van der Waals surface area contributed by atoms with Gasteiger partial charge in [0.15, 0.2) is 0 Å². The Hall–Kier alpha value is -2.99. The normalized spacial score (nSPS) is 10.8. The van der Waals surface area contributed by atoms with Gasteiger partial charge >= 0.3 is 0 Å². The van der Waals surface area contributed by atoms with Crippen LogP contribution in [0.3, 0.4) is 0 Å². The van der Waals surface area contributed by atoms with Crippen LogP contribution in [0.15, 0.2) is 72.8 Å². The highest BCUT2D eigenvalue weighted by molar-refractivity contribution is 6.35. The van der Waals surface area contributed by atoms with Gasteiger partial charge in [-0.3, -0.25) is 4.79 Å². The van der Waals surface area contributed by atoms with Crippen molar-refractivity contribution < 1.29 is 9.53 Å². The first-order chi connectivity index (χ1) is 16.0. The number of methoxy groups -OCH3 is 1. The molecule has 1 amide bonds. The molecule has 3 aromatic carbocycles. The lowest BCUT2D eigenvalue weighted by Crippen LogP contribution is -2.27. The molecular weight excluding hydrogens is 481 g/mol. The van der Waals surface area contributed by atoms with Crippen molar-refractivity contribution in [1.82, 2.24) is 15.1 Å². The average molecular weight is 501 g/mol. The Balaban J connectivity index is 1.61. The molecule has 0 aliphatic carbocycles. The molecule has 8 heteroatoms. The summed E-state index contributed by atoms with van der Waals surface area (Å²) in [7, 11) is 1.60. The molecule has 1 aromatic heterocycles. The van der Waals surface area contributed by atoms with E-state index in [-0.39, 0.29) is 5.91 Å². The van der Waals surface area contributed by atoms with E-state index in [4.69, 9.17) is 39.5 Å². The van der Waals surface area contributed by atoms with E-state index in [2.05, 4.69) is 10.4 Å². The molecule has 0 aliphatic rings. The van der Waals surface area contributed by atoms with Crippen molar-refractivity contribution in [3.8, 4) is 22.7 Å². The van der Waals surface area contributed by atoms with Gasteiger partial charge < -0.3 is 10.1 Å². The zero-order valence-electron chi connectivity index (χ0n) is 17.7. The van der Waals surface area contributed by atoms with E-state index in [1.165, 1.54) is 0 Å². The van der Waals surface area contributed by atoms with E-state index in [0.717, 1.165) is 16.8 Å². The van der Waals surface area contributed by atoms with Crippen LogP contribution in [0, 0.1) is 0 Å². The Labute approximate surface area is 206 Å². The zero-order valence-corrected chi connectivity index (χ0v) is 20.0. The number of hydrogen-bond acceptors (Lipinski definition) is 3. The predicted octanol–water partition coefficient (Wildman–Crippen LogP) is 6.48. The van der Waals surface area contributed by atoms with E-state index in [0.29, 0.717) is 45.2 Å². The van der Waals surface area contributed by atoms with E-state index in [9.17, 15) is 4.79 Å². The smallest absolute Gasteiger partial charge is 0.270 e. The average Bonchev–Trinajstić information content (AvgIpc) is 3.26. The Morgan fingerprint density at radius 3 is 2.42 bits per heavy atom. The highest BCUT2D eigenvalue weighted by Crippen LogP contribution is 2.28. The lowest BCUT2D eigenvalue weighted by atomic mass is 10.1. The van der Waals surface area contributed by atoms with Crippen molar-refractivity contribution in [2.75, 3.05) is 13.7 Å². The fourth-order valence-corrected chi connectivity index (χ4v) is 4.12. The zero-order chi connectivity index (χ0) is 23.4. The molecule has 0 saturated heterocycles. The lowest BCUT2D eigenvalue weighted by Gasteiger charge is -2.10. The minimum atomic E-state index is -0.262. The van der Waals surface area contributed by atoms with Crippen molar-refractivity contribution in [3.63, 3.8) is 0 Å². The third kappa shape index (κ3) is 5.33. The Morgan fingerprint density at radius 2 is 1.73 bits per heavy atom. The van der Waals surface area contributed by atoms with Gasteiger partial charge in [0.1, 0.15) is 11.4 Å². The fourth-order valence-electron chi connectivity index (χ4n) is 3.39. The SMILES string of the molecule is COc1ccc(-n2nc(-c3ccccc3Cl)cc2C(=O)NCCc2ccc(Cl)cc2Cl)cc1. The van der Waals surface area contributed by atoms with E-state index < -0.39 is 0 Å². The number of rotatable bonds is 7. The van der Waals surface area contributed by atoms with Crippen molar-refractivity contribution in [3.05, 3.63) is 99.1 Å². The van der Waals surface area contributed by atoms with Crippen LogP contribution in [0.5, 0.6) is 5.75 Å². The maximum absolute atomic E-state index is 13.1. The molecule has 1 N–H and O–H groups in total. The minimum Gasteiger partial charge on any atom is -0.497 e. The third-order valence-electron chi connectivity index (χ3n) is 5.10. The van der Waals surface area contributed by atoms with Crippen molar-refractivity contribution in [1.29, 1.82) is 0 Å². The molecule has 0 unspecified atom stereocenters. The number of aromatic nitrogens is 2. The minimum absolute atomic E-state index is 0.262. The number of ether oxygens (including phenoxy) is 1. The first-order valence-corrected chi connectivity index (χ1v) is 11.3. The summed E-state index contributed by atoms with van der Waals surface area (Å²) >= 11 is 18.6. The summed E-state index contributed by atoms with van der Waals surface area (Å²) in [6.45, 7) is 0.398. The number of hydrogen-bond donors (Lipinski definition) is 1. The van der Waals surface area contributed by atoms with Gasteiger partial charge in [-0.25, -0.2) is 4.68 Å². The molecule has 0 radical (unpaired) electrons. The van der Waals surface area contributed by atoms with Gasteiger partial charge in [-0.15, -0.1) is 0 Å². The van der Waals surface area contributed by atoms with Crippen LogP contribution in [0.25, 0.3) is 16.9 Å². The van der Waals surface area contributed by atoms with Gasteiger partial charge in [-0.05, 0) is 60.5 Å². The number of carbonyl (C=O) groups is 1. The third-order valence-corrected chi connectivity index (χ3v) is 6.02. The fraction of sp³-hybridized carbons (Fsp3) is 0.120. The Kier molecular flexibility index (Phi) is 7.23. The number of nitrogens with zero attached hydrogens (tertiary/aromatic N) is 2. The number of amides is 1. The van der Waals surface area contributed by atoms with Crippen molar-refractivity contribution >= 4 is 40.7 Å². The highest BCUT2D eigenvalue weighted by atomic mass is 35.5. The first-order valence-electron chi connectivity index (χ1n) is 10.2. The molecular formula is C25H20Cl3N3O2. The summed E-state index contributed by atoms with van der Waals surface area (Å²) in [5, 5.41) is 9.32. The van der Waals surface area contributed by atoms with Gasteiger partial charge in [-0.1, -0.05) is 59.1 Å². The van der Waals surface area contributed by atoms with Crippen LogP contribution in [0.2, 0.25) is 15.1 Å². The summed E-state index contributed by atoms with van der Waals surface area (Å²) in [5.41, 5.74) is 3.36. The largest absolute Gasteiger partial charge is 0.497 e. The summed E-state index contributed by atoms with van der Waals surface area (Å²) < 4.78 is 6.84. The summed E-state index contributed by atoms with van der Waals surface area (Å²) in [6, 6.07) is 21.8. The summed E-state index contributed by atoms with van der Waals surface area (Å²) in [6.07, 6.45) is 0.565. The van der Waals surface area contributed by atoms with Gasteiger partial charge in [-0.2, -0.15) is 5.10 Å². The second-order valence-corrected chi connectivity index (χ2v) is 8.50. The molecule has 33 heavy (non-hydrogen) atoms.